The Bertz CT molecular complexity index is 1340. The number of hydrogen-bond acceptors (Lipinski definition) is 10. The van der Waals surface area contributed by atoms with Crippen molar-refractivity contribution >= 4 is 17.7 Å². The molecule has 0 bridgehead atoms. The Morgan fingerprint density at radius 3 is 2.63 bits per heavy atom. The number of aliphatic hydroxyl groups excluding tert-OH is 1. The van der Waals surface area contributed by atoms with Gasteiger partial charge in [-0.15, -0.1) is 0 Å². The normalized spacial score (nSPS) is 13.2. The van der Waals surface area contributed by atoms with Crippen LogP contribution in [0.4, 0.5) is 5.95 Å². The molecule has 0 fully saturated rings. The Balaban J connectivity index is 1.45. The summed E-state index contributed by atoms with van der Waals surface area (Å²) in [5.41, 5.74) is 1.42. The van der Waals surface area contributed by atoms with Crippen LogP contribution >= 0.6 is 0 Å². The molecule has 1 aromatic heterocycles. The zero-order chi connectivity index (χ0) is 27.4. The molecule has 1 atom stereocenters. The molecule has 1 aliphatic rings. The summed E-state index contributed by atoms with van der Waals surface area (Å²) in [6, 6.07) is 12.1. The van der Waals surface area contributed by atoms with Crippen molar-refractivity contribution in [1.82, 2.24) is 15.3 Å². The van der Waals surface area contributed by atoms with Crippen LogP contribution in [0.1, 0.15) is 42.8 Å². The molecule has 10 heteroatoms. The highest BCUT2D eigenvalue weighted by atomic mass is 16.7. The smallest absolute Gasteiger partial charge is 0.316 e. The zero-order valence-corrected chi connectivity index (χ0v) is 22.1. The number of benzene rings is 2. The van der Waals surface area contributed by atoms with Crippen LogP contribution in [0, 0.1) is 5.41 Å². The molecule has 0 aliphatic carbocycles. The minimum Gasteiger partial charge on any atom is -0.454 e. The Kier molecular flexibility index (Phi) is 7.94. The van der Waals surface area contributed by atoms with Crippen molar-refractivity contribution in [3.05, 3.63) is 59.8 Å². The van der Waals surface area contributed by atoms with Crippen molar-refractivity contribution in [2.24, 2.45) is 5.41 Å². The standard InChI is InChI=1S/C28H32N4O6/c1-28(2,3)26(35)38-19-8-6-7-17(11-19)21(33)14-29-15-22(34)20-13-30-27(32(4)5)31-25(20)18-9-10-23-24(12-18)37-16-36-23/h6-13,21,29,33H,14-16H2,1-5H3. The third kappa shape index (κ3) is 6.27. The second-order valence-corrected chi connectivity index (χ2v) is 10.2. The molecule has 1 aliphatic heterocycles. The fraction of sp³-hybridized carbons (Fsp3) is 0.357. The molecule has 2 heterocycles. The number of carbonyl (C=O) groups excluding carboxylic acids is 2. The van der Waals surface area contributed by atoms with Crippen molar-refractivity contribution in [2.75, 3.05) is 38.9 Å². The SMILES string of the molecule is CN(C)c1ncc(C(=O)CNCC(O)c2cccc(OC(=O)C(C)(C)C)c2)c(-c2ccc3c(c2)OCO3)n1. The van der Waals surface area contributed by atoms with E-state index in [1.54, 1.807) is 62.1 Å². The fourth-order valence-corrected chi connectivity index (χ4v) is 3.64. The molecular weight excluding hydrogens is 488 g/mol. The number of anilines is 1. The number of hydrogen-bond donors (Lipinski definition) is 2. The van der Waals surface area contributed by atoms with E-state index in [1.165, 1.54) is 6.20 Å². The van der Waals surface area contributed by atoms with Crippen molar-refractivity contribution in [1.29, 1.82) is 0 Å². The minimum absolute atomic E-state index is 0.0437. The number of Topliss-reactive ketones (excluding diaryl/α,β-unsaturated/α-hetero) is 1. The Morgan fingerprint density at radius 2 is 1.89 bits per heavy atom. The molecule has 200 valence electrons. The van der Waals surface area contributed by atoms with Crippen LogP contribution in [-0.4, -0.2) is 60.8 Å². The van der Waals surface area contributed by atoms with E-state index in [0.717, 1.165) is 0 Å². The van der Waals surface area contributed by atoms with Gasteiger partial charge >= 0.3 is 5.97 Å². The number of nitrogens with one attached hydrogen (secondary N) is 1. The lowest BCUT2D eigenvalue weighted by Crippen LogP contribution is -2.28. The van der Waals surface area contributed by atoms with Gasteiger partial charge in [-0.2, -0.15) is 0 Å². The lowest BCUT2D eigenvalue weighted by atomic mass is 9.97. The van der Waals surface area contributed by atoms with E-state index in [2.05, 4.69) is 15.3 Å². The van der Waals surface area contributed by atoms with Crippen molar-refractivity contribution in [3.8, 4) is 28.5 Å². The molecule has 4 rings (SSSR count). The first-order valence-corrected chi connectivity index (χ1v) is 12.2. The molecule has 38 heavy (non-hydrogen) atoms. The number of aromatic nitrogens is 2. The maximum absolute atomic E-state index is 13.2. The highest BCUT2D eigenvalue weighted by Crippen LogP contribution is 2.36. The van der Waals surface area contributed by atoms with Crippen LogP contribution < -0.4 is 24.4 Å². The van der Waals surface area contributed by atoms with Gasteiger partial charge < -0.3 is 29.5 Å². The van der Waals surface area contributed by atoms with Gasteiger partial charge in [-0.1, -0.05) is 12.1 Å². The molecule has 3 aromatic rings. The van der Waals surface area contributed by atoms with Gasteiger partial charge in [-0.3, -0.25) is 9.59 Å². The van der Waals surface area contributed by atoms with Crippen LogP contribution in [0.3, 0.4) is 0 Å². The van der Waals surface area contributed by atoms with Gasteiger partial charge in [-0.05, 0) is 56.7 Å². The molecule has 0 amide bonds. The lowest BCUT2D eigenvalue weighted by Gasteiger charge is -2.18. The number of ether oxygens (including phenoxy) is 3. The average Bonchev–Trinajstić information content (AvgIpc) is 3.35. The van der Waals surface area contributed by atoms with Gasteiger partial charge in [0.15, 0.2) is 17.3 Å². The first-order valence-electron chi connectivity index (χ1n) is 12.2. The summed E-state index contributed by atoms with van der Waals surface area (Å²) in [4.78, 5) is 36.1. The number of esters is 1. The van der Waals surface area contributed by atoms with Crippen molar-refractivity contribution in [2.45, 2.75) is 26.9 Å². The van der Waals surface area contributed by atoms with E-state index >= 15 is 0 Å². The Labute approximate surface area is 221 Å². The summed E-state index contributed by atoms with van der Waals surface area (Å²) in [5.74, 6) is 1.43. The first kappa shape index (κ1) is 27.0. The van der Waals surface area contributed by atoms with E-state index in [9.17, 15) is 14.7 Å². The van der Waals surface area contributed by atoms with Gasteiger partial charge in [0.25, 0.3) is 0 Å². The molecule has 0 spiro atoms. The number of nitrogens with zero attached hydrogens (tertiary/aromatic N) is 3. The first-order chi connectivity index (χ1) is 18.0. The predicted octanol–water partition coefficient (Wildman–Crippen LogP) is 3.40. The van der Waals surface area contributed by atoms with Gasteiger partial charge in [0.05, 0.1) is 29.3 Å². The summed E-state index contributed by atoms with van der Waals surface area (Å²) >= 11 is 0. The van der Waals surface area contributed by atoms with Crippen LogP contribution in [-0.2, 0) is 4.79 Å². The summed E-state index contributed by atoms with van der Waals surface area (Å²) in [6.07, 6.45) is 0.590. The van der Waals surface area contributed by atoms with Crippen LogP contribution in [0.15, 0.2) is 48.7 Å². The molecular formula is C28H32N4O6. The van der Waals surface area contributed by atoms with E-state index in [1.807, 2.05) is 20.2 Å². The predicted molar refractivity (Wildman–Crippen MR) is 142 cm³/mol. The monoisotopic (exact) mass is 520 g/mol. The van der Waals surface area contributed by atoms with Crippen LogP contribution in [0.5, 0.6) is 17.2 Å². The number of carbonyl (C=O) groups is 2. The molecule has 1 unspecified atom stereocenters. The van der Waals surface area contributed by atoms with E-state index in [-0.39, 0.29) is 31.6 Å². The maximum Gasteiger partial charge on any atom is 0.316 e. The van der Waals surface area contributed by atoms with Crippen LogP contribution in [0.2, 0.25) is 0 Å². The molecule has 0 saturated carbocycles. The summed E-state index contributed by atoms with van der Waals surface area (Å²) in [5, 5.41) is 13.7. The van der Waals surface area contributed by atoms with Crippen molar-refractivity contribution in [3.63, 3.8) is 0 Å². The second kappa shape index (κ2) is 11.2. The summed E-state index contributed by atoms with van der Waals surface area (Å²) in [7, 11) is 3.64. The van der Waals surface area contributed by atoms with Gasteiger partial charge in [-0.25, -0.2) is 9.97 Å². The van der Waals surface area contributed by atoms with Crippen LogP contribution in [0.25, 0.3) is 11.3 Å². The second-order valence-electron chi connectivity index (χ2n) is 10.2. The molecule has 0 saturated heterocycles. The molecule has 2 N–H and O–H groups in total. The largest absolute Gasteiger partial charge is 0.454 e. The Hall–Kier alpha value is -4.02. The highest BCUT2D eigenvalue weighted by Gasteiger charge is 2.24. The molecule has 10 nitrogen and oxygen atoms in total. The molecule has 2 aromatic carbocycles. The Morgan fingerprint density at radius 1 is 1.13 bits per heavy atom. The maximum atomic E-state index is 13.2. The number of rotatable bonds is 9. The van der Waals surface area contributed by atoms with Gasteiger partial charge in [0.1, 0.15) is 5.75 Å². The minimum atomic E-state index is -0.920. The zero-order valence-electron chi connectivity index (χ0n) is 22.1. The lowest BCUT2D eigenvalue weighted by molar-refractivity contribution is -0.143. The van der Waals surface area contributed by atoms with Gasteiger partial charge in [0, 0.05) is 32.4 Å². The van der Waals surface area contributed by atoms with Gasteiger partial charge in [0.2, 0.25) is 12.7 Å². The van der Waals surface area contributed by atoms with E-state index in [4.69, 9.17) is 14.2 Å². The third-order valence-corrected chi connectivity index (χ3v) is 5.81. The number of fused-ring (bicyclic) bond motifs is 1. The summed E-state index contributed by atoms with van der Waals surface area (Å²) < 4.78 is 16.3. The highest BCUT2D eigenvalue weighted by molar-refractivity contribution is 6.02. The van der Waals surface area contributed by atoms with E-state index < -0.39 is 11.5 Å². The topological polar surface area (TPSA) is 123 Å². The van der Waals surface area contributed by atoms with Crippen molar-refractivity contribution < 1.29 is 28.9 Å². The fourth-order valence-electron chi connectivity index (χ4n) is 3.64. The quantitative estimate of drug-likeness (QED) is 0.247. The summed E-state index contributed by atoms with van der Waals surface area (Å²) in [6.45, 7) is 5.52. The van der Waals surface area contributed by atoms with E-state index in [0.29, 0.717) is 45.6 Å². The molecule has 0 radical (unpaired) electrons. The number of aliphatic hydroxyl groups is 1. The third-order valence-electron chi connectivity index (χ3n) is 5.81. The number of ketones is 1. The average molecular weight is 521 g/mol.